The lowest BCUT2D eigenvalue weighted by Crippen LogP contribution is -2.42. The molecule has 1 atom stereocenters. The molecule has 0 amide bonds. The van der Waals surface area contributed by atoms with Crippen LogP contribution in [0.1, 0.15) is 37.2 Å². The molecule has 0 radical (unpaired) electrons. The first-order chi connectivity index (χ1) is 15.0. The van der Waals surface area contributed by atoms with E-state index in [1.807, 2.05) is 35.0 Å². The third-order valence-electron chi connectivity index (χ3n) is 4.61. The highest BCUT2D eigenvalue weighted by Gasteiger charge is 2.38. The summed E-state index contributed by atoms with van der Waals surface area (Å²) in [6, 6.07) is 7.39. The van der Waals surface area contributed by atoms with Crippen LogP contribution in [-0.4, -0.2) is 36.1 Å². The van der Waals surface area contributed by atoms with E-state index in [-0.39, 0.29) is 34.1 Å². The Kier molecular flexibility index (Phi) is 6.03. The van der Waals surface area contributed by atoms with Crippen LogP contribution in [-0.2, 0) is 14.3 Å². The minimum atomic E-state index is -0.721. The Balaban J connectivity index is 2.11. The second-order valence-corrected chi connectivity index (χ2v) is 9.49. The fourth-order valence-electron chi connectivity index (χ4n) is 3.31. The smallest absolute Gasteiger partial charge is 0.357 e. The third kappa shape index (κ3) is 3.71. The molecule has 0 aliphatic carbocycles. The maximum absolute atomic E-state index is 13.6. The predicted octanol–water partition coefficient (Wildman–Crippen LogP) is 2.61. The molecule has 10 heteroatoms. The molecule has 4 heterocycles. The molecule has 0 bridgehead atoms. The number of nitrogen functional groups attached to an aromatic ring is 1. The van der Waals surface area contributed by atoms with Crippen LogP contribution >= 0.6 is 34.4 Å². The van der Waals surface area contributed by atoms with Crippen molar-refractivity contribution in [2.24, 2.45) is 0 Å². The number of ether oxygens (including phenoxy) is 2. The van der Waals surface area contributed by atoms with Gasteiger partial charge in [-0.15, -0.1) is 22.7 Å². The molecule has 7 nitrogen and oxygen atoms in total. The van der Waals surface area contributed by atoms with E-state index in [9.17, 15) is 14.4 Å². The number of nitrogens with zero attached hydrogens (tertiary/aromatic N) is 1. The SMILES string of the molecule is CCOC(=O)c1c(N)/c(=C\c2cccs2)c2n1C(=O)C(c1cccs1)SC=2C(=O)OC. The van der Waals surface area contributed by atoms with Gasteiger partial charge in [0.25, 0.3) is 5.91 Å². The number of rotatable bonds is 5. The molecular weight excluding hydrogens is 456 g/mol. The quantitative estimate of drug-likeness (QED) is 0.567. The zero-order valence-corrected chi connectivity index (χ0v) is 19.1. The average Bonchev–Trinajstić information content (AvgIpc) is 3.51. The number of esters is 2. The van der Waals surface area contributed by atoms with Crippen LogP contribution in [0.4, 0.5) is 5.69 Å². The van der Waals surface area contributed by atoms with Gasteiger partial charge in [-0.25, -0.2) is 9.59 Å². The molecular formula is C21H18N2O5S3. The highest BCUT2D eigenvalue weighted by Crippen LogP contribution is 2.41. The lowest BCUT2D eigenvalue weighted by atomic mass is 10.2. The van der Waals surface area contributed by atoms with E-state index in [4.69, 9.17) is 15.2 Å². The van der Waals surface area contributed by atoms with E-state index in [0.717, 1.165) is 21.5 Å². The van der Waals surface area contributed by atoms with Crippen molar-refractivity contribution in [3.8, 4) is 0 Å². The first-order valence-corrected chi connectivity index (χ1v) is 11.9. The van der Waals surface area contributed by atoms with Gasteiger partial charge >= 0.3 is 11.9 Å². The van der Waals surface area contributed by atoms with Crippen molar-refractivity contribution < 1.29 is 23.9 Å². The summed E-state index contributed by atoms with van der Waals surface area (Å²) in [4.78, 5) is 41.0. The molecule has 0 spiro atoms. The Hall–Kier alpha value is -2.82. The number of hydrogen-bond acceptors (Lipinski definition) is 9. The van der Waals surface area contributed by atoms with Gasteiger partial charge in [0, 0.05) is 15.0 Å². The topological polar surface area (TPSA) is 101 Å². The molecule has 3 aromatic heterocycles. The summed E-state index contributed by atoms with van der Waals surface area (Å²) in [6.45, 7) is 1.79. The van der Waals surface area contributed by atoms with Gasteiger partial charge < -0.3 is 15.2 Å². The number of anilines is 1. The van der Waals surface area contributed by atoms with Crippen LogP contribution < -0.4 is 16.3 Å². The molecule has 3 aromatic rings. The van der Waals surface area contributed by atoms with Gasteiger partial charge in [0.1, 0.15) is 10.2 Å². The van der Waals surface area contributed by atoms with Gasteiger partial charge in [-0.3, -0.25) is 9.36 Å². The fourth-order valence-corrected chi connectivity index (χ4v) is 6.11. The van der Waals surface area contributed by atoms with E-state index in [1.165, 1.54) is 34.4 Å². The second-order valence-electron chi connectivity index (χ2n) is 6.41. The summed E-state index contributed by atoms with van der Waals surface area (Å²) in [5.41, 5.74) is 6.40. The minimum absolute atomic E-state index is 0.0760. The molecule has 1 unspecified atom stereocenters. The second kappa shape index (κ2) is 8.74. The summed E-state index contributed by atoms with van der Waals surface area (Å²) >= 11 is 3.97. The molecule has 1 aliphatic heterocycles. The minimum Gasteiger partial charge on any atom is -0.465 e. The lowest BCUT2D eigenvalue weighted by molar-refractivity contribution is -0.133. The van der Waals surface area contributed by atoms with Crippen LogP contribution in [0.15, 0.2) is 35.0 Å². The summed E-state index contributed by atoms with van der Waals surface area (Å²) < 4.78 is 11.4. The summed E-state index contributed by atoms with van der Waals surface area (Å²) in [6.07, 6.45) is 1.76. The standard InChI is InChI=1S/C21H18N2O5S3/c1-3-28-20(25)16-14(22)12(10-11-6-4-8-29-11)15-18(21(26)27-2)31-17(19(24)23(15)16)13-7-5-9-30-13/h4-10,17H,3,22H2,1-2H3/b12-10+. The molecule has 31 heavy (non-hydrogen) atoms. The van der Waals surface area contributed by atoms with Crippen molar-refractivity contribution in [3.63, 3.8) is 0 Å². The average molecular weight is 475 g/mol. The van der Waals surface area contributed by atoms with Crippen molar-refractivity contribution in [1.82, 2.24) is 4.57 Å². The Morgan fingerprint density at radius 3 is 2.55 bits per heavy atom. The van der Waals surface area contributed by atoms with Crippen molar-refractivity contribution in [3.05, 3.63) is 61.0 Å². The van der Waals surface area contributed by atoms with Gasteiger partial charge in [-0.2, -0.15) is 0 Å². The van der Waals surface area contributed by atoms with Crippen LogP contribution in [0.3, 0.4) is 0 Å². The van der Waals surface area contributed by atoms with Crippen LogP contribution in [0, 0.1) is 0 Å². The number of nitrogens with two attached hydrogens (primary N) is 1. The molecule has 4 rings (SSSR count). The number of fused-ring (bicyclic) bond motifs is 1. The van der Waals surface area contributed by atoms with Crippen LogP contribution in [0.5, 0.6) is 0 Å². The van der Waals surface area contributed by atoms with Crippen molar-refractivity contribution in [1.29, 1.82) is 0 Å². The molecule has 0 aromatic carbocycles. The monoisotopic (exact) mass is 474 g/mol. The number of aromatic nitrogens is 1. The number of thiophene rings is 2. The van der Waals surface area contributed by atoms with E-state index >= 15 is 0 Å². The van der Waals surface area contributed by atoms with E-state index < -0.39 is 17.2 Å². The maximum atomic E-state index is 13.6. The Bertz CT molecular complexity index is 1270. The Labute approximate surface area is 189 Å². The number of methoxy groups -OCH3 is 1. The molecule has 0 fully saturated rings. The maximum Gasteiger partial charge on any atom is 0.357 e. The normalized spacial score (nSPS) is 16.3. The van der Waals surface area contributed by atoms with Crippen molar-refractivity contribution in [2.75, 3.05) is 19.5 Å². The van der Waals surface area contributed by atoms with Gasteiger partial charge in [0.05, 0.1) is 24.8 Å². The summed E-state index contributed by atoms with van der Waals surface area (Å²) in [5.74, 6) is -1.69. The molecule has 0 saturated heterocycles. The van der Waals surface area contributed by atoms with Crippen LogP contribution in [0.2, 0.25) is 0 Å². The number of carbonyl (C=O) groups is 3. The third-order valence-corrected chi connectivity index (χ3v) is 7.81. The molecule has 1 aliphatic rings. The zero-order chi connectivity index (χ0) is 22.1. The van der Waals surface area contributed by atoms with E-state index in [0.29, 0.717) is 5.22 Å². The van der Waals surface area contributed by atoms with Gasteiger partial charge in [0.2, 0.25) is 0 Å². The Morgan fingerprint density at radius 1 is 1.19 bits per heavy atom. The number of carbonyl (C=O) groups excluding carboxylic acids is 3. The first-order valence-electron chi connectivity index (χ1n) is 9.27. The van der Waals surface area contributed by atoms with Gasteiger partial charge in [-0.1, -0.05) is 23.9 Å². The highest BCUT2D eigenvalue weighted by molar-refractivity contribution is 8.10. The fraction of sp³-hybridized carbons (Fsp3) is 0.190. The van der Waals surface area contributed by atoms with Crippen molar-refractivity contribution in [2.45, 2.75) is 12.2 Å². The van der Waals surface area contributed by atoms with E-state index in [1.54, 1.807) is 13.0 Å². The summed E-state index contributed by atoms with van der Waals surface area (Å²) in [5, 5.41) is 3.70. The van der Waals surface area contributed by atoms with E-state index in [2.05, 4.69) is 0 Å². The number of hydrogen-bond donors (Lipinski definition) is 1. The molecule has 160 valence electrons. The Morgan fingerprint density at radius 2 is 1.94 bits per heavy atom. The van der Waals surface area contributed by atoms with Crippen molar-refractivity contribution >= 4 is 68.9 Å². The molecule has 2 N–H and O–H groups in total. The summed E-state index contributed by atoms with van der Waals surface area (Å²) in [7, 11) is 1.28. The largest absolute Gasteiger partial charge is 0.465 e. The predicted molar refractivity (Wildman–Crippen MR) is 123 cm³/mol. The highest BCUT2D eigenvalue weighted by atomic mass is 32.2. The van der Waals surface area contributed by atoms with Gasteiger partial charge in [0.15, 0.2) is 5.69 Å². The van der Waals surface area contributed by atoms with Gasteiger partial charge in [-0.05, 0) is 35.9 Å². The number of thioether (sulfide) groups is 1. The molecule has 0 saturated carbocycles. The first kappa shape index (κ1) is 21.4. The lowest BCUT2D eigenvalue weighted by Gasteiger charge is -2.22. The zero-order valence-electron chi connectivity index (χ0n) is 16.6. The van der Waals surface area contributed by atoms with Crippen LogP contribution in [0.25, 0.3) is 11.0 Å².